The van der Waals surface area contributed by atoms with Crippen molar-refractivity contribution in [2.75, 3.05) is 20.6 Å². The summed E-state index contributed by atoms with van der Waals surface area (Å²) in [6.07, 6.45) is 4.74. The van der Waals surface area contributed by atoms with Crippen LogP contribution in [0.15, 0.2) is 0 Å². The summed E-state index contributed by atoms with van der Waals surface area (Å²) in [5, 5.41) is 0. The topological polar surface area (TPSA) is 4.44 Å². The maximum Gasteiger partial charge on any atom is 0.200 e. The van der Waals surface area contributed by atoms with Gasteiger partial charge in [0.25, 0.3) is 0 Å². The fourth-order valence-corrected chi connectivity index (χ4v) is 7.26. The van der Waals surface area contributed by atoms with Gasteiger partial charge in [0.1, 0.15) is 52.7 Å². The number of nitrogens with one attached hydrogen (secondary N) is 1. The van der Waals surface area contributed by atoms with Gasteiger partial charge in [-0.15, -0.1) is 21.9 Å². The summed E-state index contributed by atoms with van der Waals surface area (Å²) in [6.45, 7) is 1.35. The van der Waals surface area contributed by atoms with E-state index in [1.54, 1.807) is 4.90 Å². The summed E-state index contributed by atoms with van der Waals surface area (Å²) in [5.74, 6) is -70.3. The maximum absolute atomic E-state index is 15.4. The summed E-state index contributed by atoms with van der Waals surface area (Å²) >= 11 is 0. The molecule has 0 unspecified atom stereocenters. The molecule has 0 saturated heterocycles. The van der Waals surface area contributed by atoms with Crippen molar-refractivity contribution in [3.05, 3.63) is 116 Å². The van der Waals surface area contributed by atoms with Crippen molar-refractivity contribution in [1.29, 1.82) is 0 Å². The zero-order chi connectivity index (χ0) is 43.9. The van der Waals surface area contributed by atoms with Crippen molar-refractivity contribution >= 4 is 28.0 Å². The highest BCUT2D eigenvalue weighted by molar-refractivity contribution is 7.20. The third kappa shape index (κ3) is 7.71. The van der Waals surface area contributed by atoms with Crippen LogP contribution in [0.2, 0.25) is 0 Å². The lowest BCUT2D eigenvalue weighted by Crippen LogP contribution is -3.05. The molecule has 1 fully saturated rings. The van der Waals surface area contributed by atoms with Gasteiger partial charge < -0.3 is 4.90 Å². The first kappa shape index (κ1) is 46.2. The van der Waals surface area contributed by atoms with E-state index in [1.165, 1.54) is 57.9 Å². The summed E-state index contributed by atoms with van der Waals surface area (Å²) in [4.78, 5) is 1.60. The van der Waals surface area contributed by atoms with E-state index in [4.69, 9.17) is 0 Å². The number of rotatable bonds is 9. The summed E-state index contributed by atoms with van der Waals surface area (Å²) in [5.41, 5.74) is -14.3. The van der Waals surface area contributed by atoms with Gasteiger partial charge >= 0.3 is 0 Å². The van der Waals surface area contributed by atoms with Gasteiger partial charge in [0.15, 0.2) is 69.8 Å². The second-order valence-corrected chi connectivity index (χ2v) is 13.8. The Hall–Kier alpha value is -4.50. The van der Waals surface area contributed by atoms with Crippen LogP contribution in [-0.4, -0.2) is 26.8 Å². The molecule has 1 aliphatic rings. The van der Waals surface area contributed by atoms with Gasteiger partial charge in [-0.05, 0) is 18.8 Å². The van der Waals surface area contributed by atoms with Gasteiger partial charge in [-0.3, -0.25) is 0 Å². The maximum atomic E-state index is 15.4. The molecule has 5 rings (SSSR count). The molecule has 1 aliphatic carbocycles. The standard InChI is InChI=1S/C24BF20.C12H25N/c26-5-1(6(27)14(35)21(42)13(5)34)25(2-7(28)15(36)22(43)16(37)8(2)29,3-9(30)17(38)23(44)18(39)10(3)31)4-11(32)19(40)24(45)20(41)12(4)33;1-13(2)11-7-6-10-12-8-4-3-5-9-12/h;12H,3-11H2,1-2H3/q-1;/p+1. The number of quaternary nitrogens is 1. The molecule has 0 aliphatic heterocycles. The largest absolute Gasteiger partial charge is 0.340 e. The molecule has 0 heterocycles. The van der Waals surface area contributed by atoms with Gasteiger partial charge in [0.2, 0.25) is 0 Å². The van der Waals surface area contributed by atoms with Crippen molar-refractivity contribution in [3.8, 4) is 0 Å². The number of halogens is 20. The van der Waals surface area contributed by atoms with Crippen molar-refractivity contribution in [2.45, 2.75) is 51.4 Å². The molecule has 0 spiro atoms. The van der Waals surface area contributed by atoms with Crippen LogP contribution in [0.1, 0.15) is 51.4 Å². The average Bonchev–Trinajstić information content (AvgIpc) is 3.20. The van der Waals surface area contributed by atoms with Crippen LogP contribution in [0.4, 0.5) is 87.8 Å². The van der Waals surface area contributed by atoms with Crippen LogP contribution < -0.4 is 26.8 Å². The fraction of sp³-hybridized carbons (Fsp3) is 0.333. The second-order valence-electron chi connectivity index (χ2n) is 13.8. The van der Waals surface area contributed by atoms with Crippen LogP contribution >= 0.6 is 0 Å². The molecular weight excluding hydrogens is 837 g/mol. The highest BCUT2D eigenvalue weighted by atomic mass is 19.2. The molecule has 58 heavy (non-hydrogen) atoms. The monoisotopic (exact) mass is 863 g/mol. The van der Waals surface area contributed by atoms with E-state index >= 15 is 35.1 Å². The molecule has 318 valence electrons. The van der Waals surface area contributed by atoms with Gasteiger partial charge in [0.05, 0.1) is 20.6 Å². The van der Waals surface area contributed by atoms with Crippen molar-refractivity contribution in [1.82, 2.24) is 0 Å². The molecule has 22 heteroatoms. The Kier molecular flexibility index (Phi) is 14.2. The molecule has 1 saturated carbocycles. The zero-order valence-electron chi connectivity index (χ0n) is 29.6. The van der Waals surface area contributed by atoms with Crippen LogP contribution in [0.25, 0.3) is 0 Å². The first-order valence-electron chi connectivity index (χ1n) is 17.0. The number of hydrogen-bond donors (Lipinski definition) is 1. The Morgan fingerprint density at radius 3 is 0.793 bits per heavy atom. The Morgan fingerprint density at radius 1 is 0.345 bits per heavy atom. The van der Waals surface area contributed by atoms with E-state index in [1.807, 2.05) is 0 Å². The molecule has 0 radical (unpaired) electrons. The Balaban J connectivity index is 0.000000486. The first-order chi connectivity index (χ1) is 27.0. The molecule has 4 aromatic carbocycles. The highest BCUT2D eigenvalue weighted by Crippen LogP contribution is 2.31. The van der Waals surface area contributed by atoms with Crippen LogP contribution in [-0.2, 0) is 0 Å². The molecule has 0 amide bonds. The Labute approximate surface area is 315 Å². The molecule has 0 bridgehead atoms. The SMILES string of the molecule is C[NH+](C)CCCCC1CCCCC1.Fc1c(F)c(F)c([B-](c2c(F)c(F)c(F)c(F)c2F)(c2c(F)c(F)c(F)c(F)c2F)c2c(F)c(F)c(F)c(F)c2F)c(F)c1F. The van der Waals surface area contributed by atoms with E-state index in [9.17, 15) is 52.7 Å². The lowest BCUT2D eigenvalue weighted by molar-refractivity contribution is -0.858. The van der Waals surface area contributed by atoms with Crippen LogP contribution in [0.5, 0.6) is 0 Å². The summed E-state index contributed by atoms with van der Waals surface area (Å²) in [6, 6.07) is 0. The van der Waals surface area contributed by atoms with Crippen molar-refractivity contribution < 1.29 is 92.7 Å². The van der Waals surface area contributed by atoms with E-state index < -0.39 is 144 Å². The van der Waals surface area contributed by atoms with E-state index in [2.05, 4.69) is 14.1 Å². The molecular formula is C36H26BF20N. The van der Waals surface area contributed by atoms with E-state index in [-0.39, 0.29) is 0 Å². The smallest absolute Gasteiger partial charge is 0.200 e. The quantitative estimate of drug-likeness (QED) is 0.0579. The summed E-state index contributed by atoms with van der Waals surface area (Å²) < 4.78 is 294. The third-order valence-electron chi connectivity index (χ3n) is 9.97. The fourth-order valence-electron chi connectivity index (χ4n) is 7.26. The van der Waals surface area contributed by atoms with Gasteiger partial charge in [-0.1, -0.05) is 38.5 Å². The van der Waals surface area contributed by atoms with E-state index in [0.717, 1.165) is 5.92 Å². The second kappa shape index (κ2) is 17.8. The van der Waals surface area contributed by atoms with E-state index in [0.29, 0.717) is 0 Å². The Bertz CT molecular complexity index is 1840. The lowest BCUT2D eigenvalue weighted by Gasteiger charge is -2.44. The first-order valence-corrected chi connectivity index (χ1v) is 17.0. The number of unbranched alkanes of at least 4 members (excludes halogenated alkanes) is 1. The summed E-state index contributed by atoms with van der Waals surface area (Å²) in [7, 11) is 4.50. The minimum absolute atomic E-state index is 1.09. The number of hydrogen-bond acceptors (Lipinski definition) is 0. The van der Waals surface area contributed by atoms with Crippen molar-refractivity contribution in [3.63, 3.8) is 0 Å². The predicted octanol–water partition coefficient (Wildman–Crippen LogP) is 7.73. The minimum Gasteiger partial charge on any atom is -0.340 e. The van der Waals surface area contributed by atoms with Crippen molar-refractivity contribution in [2.24, 2.45) is 5.92 Å². The minimum atomic E-state index is -7.22. The van der Waals surface area contributed by atoms with Crippen LogP contribution in [0, 0.1) is 122 Å². The molecule has 0 aromatic heterocycles. The highest BCUT2D eigenvalue weighted by Gasteiger charge is 2.52. The normalized spacial score (nSPS) is 13.7. The lowest BCUT2D eigenvalue weighted by atomic mass is 9.12. The molecule has 4 aromatic rings. The third-order valence-corrected chi connectivity index (χ3v) is 9.97. The van der Waals surface area contributed by atoms with Gasteiger partial charge in [-0.2, -0.15) is 0 Å². The predicted molar refractivity (Wildman–Crippen MR) is 167 cm³/mol. The van der Waals surface area contributed by atoms with Gasteiger partial charge in [0, 0.05) is 0 Å². The zero-order valence-corrected chi connectivity index (χ0v) is 29.6. The molecule has 1 N–H and O–H groups in total. The number of benzene rings is 4. The Morgan fingerprint density at radius 2 is 0.569 bits per heavy atom. The van der Waals surface area contributed by atoms with Gasteiger partial charge in [-0.25, -0.2) is 87.8 Å². The molecule has 0 atom stereocenters. The van der Waals surface area contributed by atoms with Crippen LogP contribution in [0.3, 0.4) is 0 Å². The molecule has 1 nitrogen and oxygen atoms in total. The average molecular weight is 863 g/mol.